The molecular formula is C9H12BrClFNO. The van der Waals surface area contributed by atoms with E-state index in [1.807, 2.05) is 0 Å². The normalized spacial score (nSPS) is 12.0. The van der Waals surface area contributed by atoms with Gasteiger partial charge in [-0.15, -0.1) is 12.4 Å². The van der Waals surface area contributed by atoms with Crippen molar-refractivity contribution in [1.29, 1.82) is 0 Å². The number of hydrogen-bond acceptors (Lipinski definition) is 2. The van der Waals surface area contributed by atoms with E-state index in [9.17, 15) is 4.39 Å². The summed E-state index contributed by atoms with van der Waals surface area (Å²) in [5, 5.41) is 8.70. The summed E-state index contributed by atoms with van der Waals surface area (Å²) in [7, 11) is 0. The Labute approximate surface area is 96.8 Å². The first-order valence-corrected chi connectivity index (χ1v) is 4.72. The van der Waals surface area contributed by atoms with Crippen LogP contribution in [-0.4, -0.2) is 17.8 Å². The molecule has 0 aliphatic heterocycles. The van der Waals surface area contributed by atoms with Crippen LogP contribution in [0.15, 0.2) is 22.7 Å². The fraction of sp³-hybridized carbons (Fsp3) is 0.333. The zero-order valence-corrected chi connectivity index (χ0v) is 9.81. The predicted molar refractivity (Wildman–Crippen MR) is 60.1 cm³/mol. The molecule has 1 atom stereocenters. The van der Waals surface area contributed by atoms with Crippen molar-refractivity contribution in [3.05, 3.63) is 34.1 Å². The Morgan fingerprint density at radius 3 is 2.57 bits per heavy atom. The maximum absolute atomic E-state index is 12.8. The number of nitrogens with two attached hydrogens (primary N) is 1. The third-order valence-corrected chi connectivity index (χ3v) is 2.11. The number of benzene rings is 1. The average molecular weight is 285 g/mol. The van der Waals surface area contributed by atoms with E-state index in [4.69, 9.17) is 10.8 Å². The molecule has 0 fully saturated rings. The lowest BCUT2D eigenvalue weighted by molar-refractivity contribution is 0.265. The minimum absolute atomic E-state index is 0. The molecule has 1 unspecified atom stereocenters. The van der Waals surface area contributed by atoms with Crippen LogP contribution in [0.5, 0.6) is 0 Å². The molecule has 0 radical (unpaired) electrons. The van der Waals surface area contributed by atoms with E-state index >= 15 is 0 Å². The molecule has 1 aromatic carbocycles. The van der Waals surface area contributed by atoms with Crippen LogP contribution in [0.1, 0.15) is 5.56 Å². The van der Waals surface area contributed by atoms with Gasteiger partial charge >= 0.3 is 0 Å². The van der Waals surface area contributed by atoms with Crippen molar-refractivity contribution in [1.82, 2.24) is 0 Å². The highest BCUT2D eigenvalue weighted by Crippen LogP contribution is 2.15. The summed E-state index contributed by atoms with van der Waals surface area (Å²) < 4.78 is 13.5. The van der Waals surface area contributed by atoms with E-state index < -0.39 is 0 Å². The number of halogens is 3. The van der Waals surface area contributed by atoms with Gasteiger partial charge in [-0.25, -0.2) is 4.39 Å². The Morgan fingerprint density at radius 2 is 2.07 bits per heavy atom. The number of aliphatic hydroxyl groups excluding tert-OH is 1. The Bertz CT molecular complexity index is 278. The van der Waals surface area contributed by atoms with E-state index in [2.05, 4.69) is 15.9 Å². The molecular weight excluding hydrogens is 272 g/mol. The summed E-state index contributed by atoms with van der Waals surface area (Å²) in [6, 6.07) is 4.26. The van der Waals surface area contributed by atoms with Crippen LogP contribution in [-0.2, 0) is 6.42 Å². The number of aliphatic hydroxyl groups is 1. The monoisotopic (exact) mass is 283 g/mol. The molecule has 3 N–H and O–H groups in total. The van der Waals surface area contributed by atoms with Gasteiger partial charge in [0.05, 0.1) is 6.61 Å². The first-order chi connectivity index (χ1) is 6.11. The van der Waals surface area contributed by atoms with Gasteiger partial charge in [-0.2, -0.15) is 0 Å². The largest absolute Gasteiger partial charge is 0.395 e. The number of rotatable bonds is 3. The van der Waals surface area contributed by atoms with Crippen LogP contribution in [0.25, 0.3) is 0 Å². The standard InChI is InChI=1S/C9H11BrFNO.ClH/c10-7-1-6(2-8(11)4-7)3-9(12)5-13;/h1-2,4,9,13H,3,5,12H2;1H. The van der Waals surface area contributed by atoms with Crippen molar-refractivity contribution in [2.45, 2.75) is 12.5 Å². The molecule has 0 aliphatic carbocycles. The van der Waals surface area contributed by atoms with Crippen molar-refractivity contribution >= 4 is 28.3 Å². The van der Waals surface area contributed by atoms with E-state index in [-0.39, 0.29) is 30.9 Å². The van der Waals surface area contributed by atoms with Gasteiger partial charge in [0.2, 0.25) is 0 Å². The van der Waals surface area contributed by atoms with Gasteiger partial charge in [0.25, 0.3) is 0 Å². The predicted octanol–water partition coefficient (Wildman–Crippen LogP) is 1.87. The zero-order valence-electron chi connectivity index (χ0n) is 7.41. The summed E-state index contributed by atoms with van der Waals surface area (Å²) in [5.41, 5.74) is 6.30. The van der Waals surface area contributed by atoms with Gasteiger partial charge in [-0.3, -0.25) is 0 Å². The molecule has 0 amide bonds. The highest BCUT2D eigenvalue weighted by Gasteiger charge is 2.04. The molecule has 0 spiro atoms. The summed E-state index contributed by atoms with van der Waals surface area (Å²) in [5.74, 6) is -0.297. The second-order valence-electron chi connectivity index (χ2n) is 2.92. The Balaban J connectivity index is 0.00000169. The smallest absolute Gasteiger partial charge is 0.124 e. The van der Waals surface area contributed by atoms with Crippen LogP contribution >= 0.6 is 28.3 Å². The highest BCUT2D eigenvalue weighted by atomic mass is 79.9. The zero-order chi connectivity index (χ0) is 9.84. The first kappa shape index (κ1) is 13.8. The lowest BCUT2D eigenvalue weighted by Gasteiger charge is -2.08. The maximum Gasteiger partial charge on any atom is 0.124 e. The molecule has 2 nitrogen and oxygen atoms in total. The highest BCUT2D eigenvalue weighted by molar-refractivity contribution is 9.10. The molecule has 0 bridgehead atoms. The molecule has 0 heterocycles. The van der Waals surface area contributed by atoms with Crippen LogP contribution < -0.4 is 5.73 Å². The molecule has 1 rings (SSSR count). The lowest BCUT2D eigenvalue weighted by Crippen LogP contribution is -2.26. The first-order valence-electron chi connectivity index (χ1n) is 3.93. The van der Waals surface area contributed by atoms with E-state index in [1.54, 1.807) is 6.07 Å². The lowest BCUT2D eigenvalue weighted by atomic mass is 10.1. The molecule has 80 valence electrons. The average Bonchev–Trinajstić information content (AvgIpc) is 2.02. The van der Waals surface area contributed by atoms with Crippen LogP contribution in [0.3, 0.4) is 0 Å². The maximum atomic E-state index is 12.8. The summed E-state index contributed by atoms with van der Waals surface area (Å²) >= 11 is 3.18. The molecule has 5 heteroatoms. The van der Waals surface area contributed by atoms with Gasteiger partial charge in [-0.1, -0.05) is 15.9 Å². The van der Waals surface area contributed by atoms with Gasteiger partial charge in [0.15, 0.2) is 0 Å². The van der Waals surface area contributed by atoms with Crippen molar-refractivity contribution in [2.24, 2.45) is 5.73 Å². The SMILES string of the molecule is Cl.NC(CO)Cc1cc(F)cc(Br)c1. The van der Waals surface area contributed by atoms with Crippen molar-refractivity contribution in [3.8, 4) is 0 Å². The fourth-order valence-corrected chi connectivity index (χ4v) is 1.61. The quantitative estimate of drug-likeness (QED) is 0.890. The fourth-order valence-electron chi connectivity index (χ4n) is 1.10. The molecule has 0 aromatic heterocycles. The second-order valence-corrected chi connectivity index (χ2v) is 3.84. The topological polar surface area (TPSA) is 46.2 Å². The third-order valence-electron chi connectivity index (χ3n) is 1.65. The molecule has 14 heavy (non-hydrogen) atoms. The summed E-state index contributed by atoms with van der Waals surface area (Å²) in [4.78, 5) is 0. The molecule has 0 saturated carbocycles. The van der Waals surface area contributed by atoms with Gasteiger partial charge in [0, 0.05) is 10.5 Å². The van der Waals surface area contributed by atoms with E-state index in [1.165, 1.54) is 12.1 Å². The van der Waals surface area contributed by atoms with Crippen molar-refractivity contribution in [3.63, 3.8) is 0 Å². The number of hydrogen-bond donors (Lipinski definition) is 2. The van der Waals surface area contributed by atoms with Gasteiger partial charge < -0.3 is 10.8 Å². The second kappa shape index (κ2) is 6.35. The minimum atomic E-state index is -0.325. The Hall–Kier alpha value is -0.160. The van der Waals surface area contributed by atoms with Crippen LogP contribution in [0, 0.1) is 5.82 Å². The van der Waals surface area contributed by atoms with Crippen molar-refractivity contribution < 1.29 is 9.50 Å². The third kappa shape index (κ3) is 4.37. The van der Waals surface area contributed by atoms with Crippen molar-refractivity contribution in [2.75, 3.05) is 6.61 Å². The van der Waals surface area contributed by atoms with Crippen LogP contribution in [0.2, 0.25) is 0 Å². The summed E-state index contributed by atoms with van der Waals surface area (Å²) in [6.45, 7) is -0.0892. The molecule has 0 saturated heterocycles. The summed E-state index contributed by atoms with van der Waals surface area (Å²) in [6.07, 6.45) is 0.479. The van der Waals surface area contributed by atoms with Gasteiger partial charge in [0.1, 0.15) is 5.82 Å². The Kier molecular flexibility index (Phi) is 6.27. The molecule has 0 aliphatic rings. The van der Waals surface area contributed by atoms with E-state index in [0.29, 0.717) is 10.9 Å². The van der Waals surface area contributed by atoms with Gasteiger partial charge in [-0.05, 0) is 30.2 Å². The van der Waals surface area contributed by atoms with E-state index in [0.717, 1.165) is 5.56 Å². The Morgan fingerprint density at radius 1 is 1.43 bits per heavy atom. The molecule has 1 aromatic rings. The minimum Gasteiger partial charge on any atom is -0.395 e. The van der Waals surface area contributed by atoms with Crippen LogP contribution in [0.4, 0.5) is 4.39 Å².